The molecule has 0 aliphatic heterocycles. The van der Waals surface area contributed by atoms with Crippen LogP contribution in [0.3, 0.4) is 0 Å². The molecular formula is C20H24Br2Zr. The zero-order valence-electron chi connectivity index (χ0n) is 14.7. The second-order valence-electron chi connectivity index (χ2n) is 6.29. The molecule has 0 saturated heterocycles. The van der Waals surface area contributed by atoms with Crippen LogP contribution in [0, 0.1) is 18.4 Å². The van der Waals surface area contributed by atoms with Gasteiger partial charge in [-0.15, -0.1) is 47.5 Å². The van der Waals surface area contributed by atoms with Gasteiger partial charge in [0.05, 0.1) is 0 Å². The molecule has 23 heavy (non-hydrogen) atoms. The Morgan fingerprint density at radius 1 is 0.957 bits per heavy atom. The summed E-state index contributed by atoms with van der Waals surface area (Å²) in [5.74, 6) is 0. The molecule has 0 fully saturated rings. The summed E-state index contributed by atoms with van der Waals surface area (Å²) in [4.78, 5) is 0. The molecule has 3 rings (SSSR count). The smallest absolute Gasteiger partial charge is 1.00 e. The standard InChI is InChI=1S/C10H9.C10H15.2BrH.Zr/c1-8-6-9-4-2-3-5-10(9)7-8;1-7-6-10(4,5)9(3)8(7)2;;;/h2-7H,1H3;1-5H3;2*1H;/q2*-1;;;+4/p-2. The van der Waals surface area contributed by atoms with Crippen molar-refractivity contribution in [3.63, 3.8) is 0 Å². The summed E-state index contributed by atoms with van der Waals surface area (Å²) < 4.78 is 0. The van der Waals surface area contributed by atoms with Gasteiger partial charge in [0.15, 0.2) is 0 Å². The second kappa shape index (κ2) is 10.2. The van der Waals surface area contributed by atoms with Crippen LogP contribution in [0.25, 0.3) is 10.8 Å². The van der Waals surface area contributed by atoms with E-state index < -0.39 is 0 Å². The van der Waals surface area contributed by atoms with Gasteiger partial charge < -0.3 is 34.0 Å². The first-order valence-corrected chi connectivity index (χ1v) is 7.23. The Morgan fingerprint density at radius 2 is 1.52 bits per heavy atom. The van der Waals surface area contributed by atoms with E-state index in [1.54, 1.807) is 0 Å². The van der Waals surface area contributed by atoms with Crippen LogP contribution in [-0.2, 0) is 26.2 Å². The average molecular weight is 515 g/mol. The van der Waals surface area contributed by atoms with E-state index in [1.165, 1.54) is 33.1 Å². The van der Waals surface area contributed by atoms with Crippen LogP contribution < -0.4 is 34.0 Å². The molecular weight excluding hydrogens is 491 g/mol. The summed E-state index contributed by atoms with van der Waals surface area (Å²) >= 11 is 0. The molecule has 1 aliphatic rings. The normalized spacial score (nSPS) is 14.8. The molecule has 0 N–H and O–H groups in total. The van der Waals surface area contributed by atoms with Gasteiger partial charge in [-0.05, 0) is 0 Å². The Morgan fingerprint density at radius 3 is 1.91 bits per heavy atom. The Labute approximate surface area is 181 Å². The summed E-state index contributed by atoms with van der Waals surface area (Å²) in [6, 6.07) is 12.8. The minimum Gasteiger partial charge on any atom is -1.00 e. The Balaban J connectivity index is 0. The fraction of sp³-hybridized carbons (Fsp3) is 0.350. The average Bonchev–Trinajstić information content (AvgIpc) is 2.83. The third-order valence-corrected chi connectivity index (χ3v) is 4.32. The van der Waals surface area contributed by atoms with E-state index in [-0.39, 0.29) is 65.6 Å². The number of benzene rings is 1. The van der Waals surface area contributed by atoms with E-state index in [4.69, 9.17) is 0 Å². The van der Waals surface area contributed by atoms with E-state index in [9.17, 15) is 0 Å². The van der Waals surface area contributed by atoms with Gasteiger partial charge in [0, 0.05) is 0 Å². The van der Waals surface area contributed by atoms with Crippen molar-refractivity contribution in [3.8, 4) is 0 Å². The third-order valence-electron chi connectivity index (χ3n) is 4.32. The Hall–Kier alpha value is 0.153. The van der Waals surface area contributed by atoms with Gasteiger partial charge in [0.1, 0.15) is 0 Å². The number of fused-ring (bicyclic) bond motifs is 1. The topological polar surface area (TPSA) is 0 Å². The molecule has 0 heterocycles. The minimum absolute atomic E-state index is 0. The zero-order chi connectivity index (χ0) is 14.9. The van der Waals surface area contributed by atoms with Crippen molar-refractivity contribution >= 4 is 10.8 Å². The van der Waals surface area contributed by atoms with Gasteiger partial charge in [-0.25, -0.2) is 5.57 Å². The molecule has 0 spiro atoms. The van der Waals surface area contributed by atoms with E-state index in [0.717, 1.165) is 0 Å². The van der Waals surface area contributed by atoms with Crippen molar-refractivity contribution in [3.05, 3.63) is 64.8 Å². The molecule has 1 aliphatic carbocycles. The molecule has 122 valence electrons. The number of halogens is 2. The molecule has 2 aromatic carbocycles. The minimum atomic E-state index is 0. The first-order valence-electron chi connectivity index (χ1n) is 7.23. The van der Waals surface area contributed by atoms with Gasteiger partial charge in [0.25, 0.3) is 0 Å². The maximum absolute atomic E-state index is 3.44. The predicted molar refractivity (Wildman–Crippen MR) is 88.9 cm³/mol. The van der Waals surface area contributed by atoms with E-state index in [0.29, 0.717) is 0 Å². The number of aryl methyl sites for hydroxylation is 1. The number of rotatable bonds is 0. The van der Waals surface area contributed by atoms with Crippen LogP contribution in [0.15, 0.2) is 53.1 Å². The fourth-order valence-corrected chi connectivity index (χ4v) is 2.71. The Kier molecular flexibility index (Phi) is 11.3. The van der Waals surface area contributed by atoms with Crippen LogP contribution in [0.1, 0.15) is 40.2 Å². The summed E-state index contributed by atoms with van der Waals surface area (Å²) in [5.41, 5.74) is 5.74. The maximum Gasteiger partial charge on any atom is 4.00 e. The summed E-state index contributed by atoms with van der Waals surface area (Å²) in [7, 11) is 0. The maximum atomic E-state index is 3.44. The van der Waals surface area contributed by atoms with Crippen LogP contribution in [0.4, 0.5) is 0 Å². The summed E-state index contributed by atoms with van der Waals surface area (Å²) in [6.45, 7) is 13.0. The van der Waals surface area contributed by atoms with Gasteiger partial charge in [-0.3, -0.25) is 6.08 Å². The van der Waals surface area contributed by atoms with Crippen molar-refractivity contribution in [2.45, 2.75) is 41.5 Å². The molecule has 2 aromatic rings. The van der Waals surface area contributed by atoms with E-state index in [2.05, 4.69) is 84.0 Å². The quantitative estimate of drug-likeness (QED) is 0.433. The summed E-state index contributed by atoms with van der Waals surface area (Å²) in [6.07, 6.45) is 3.44. The van der Waals surface area contributed by atoms with Crippen LogP contribution in [0.5, 0.6) is 0 Å². The van der Waals surface area contributed by atoms with Gasteiger partial charge in [0.2, 0.25) is 0 Å². The molecule has 3 heteroatoms. The number of allylic oxidation sites excluding steroid dienone is 4. The van der Waals surface area contributed by atoms with Crippen molar-refractivity contribution < 1.29 is 60.2 Å². The van der Waals surface area contributed by atoms with Crippen LogP contribution in [-0.4, -0.2) is 0 Å². The monoisotopic (exact) mass is 512 g/mol. The summed E-state index contributed by atoms with van der Waals surface area (Å²) in [5, 5.41) is 2.69. The zero-order valence-corrected chi connectivity index (χ0v) is 20.4. The van der Waals surface area contributed by atoms with E-state index >= 15 is 0 Å². The van der Waals surface area contributed by atoms with Crippen LogP contribution >= 0.6 is 0 Å². The van der Waals surface area contributed by atoms with Crippen molar-refractivity contribution in [2.75, 3.05) is 0 Å². The molecule has 0 nitrogen and oxygen atoms in total. The van der Waals surface area contributed by atoms with Crippen molar-refractivity contribution in [1.29, 1.82) is 0 Å². The molecule has 0 unspecified atom stereocenters. The molecule has 0 bridgehead atoms. The van der Waals surface area contributed by atoms with Crippen molar-refractivity contribution in [2.24, 2.45) is 5.41 Å². The van der Waals surface area contributed by atoms with Crippen LogP contribution in [0.2, 0.25) is 0 Å². The second-order valence-corrected chi connectivity index (χ2v) is 6.29. The SMILES string of the molecule is CC1=[C-]C(C)(C)C(C)=C1C.Cc1cc2ccccc2[cH-]1.[Br-].[Br-].[Zr+4]. The molecule has 0 amide bonds. The van der Waals surface area contributed by atoms with E-state index in [1.807, 2.05) is 0 Å². The third kappa shape index (κ3) is 6.18. The number of hydrogen-bond acceptors (Lipinski definition) is 0. The molecule has 0 aromatic heterocycles. The fourth-order valence-electron chi connectivity index (χ4n) is 2.71. The Bertz CT molecular complexity index is 657. The molecule has 0 radical (unpaired) electrons. The van der Waals surface area contributed by atoms with Gasteiger partial charge in [-0.1, -0.05) is 46.1 Å². The van der Waals surface area contributed by atoms with Crippen molar-refractivity contribution in [1.82, 2.24) is 0 Å². The number of hydrogen-bond donors (Lipinski definition) is 0. The first kappa shape index (κ1) is 25.4. The largest absolute Gasteiger partial charge is 4.00 e. The first-order chi connectivity index (χ1) is 9.31. The molecule has 0 atom stereocenters. The predicted octanol–water partition coefficient (Wildman–Crippen LogP) is -0.0153. The molecule has 0 saturated carbocycles. The van der Waals surface area contributed by atoms with Gasteiger partial charge in [-0.2, -0.15) is 17.2 Å². The van der Waals surface area contributed by atoms with Gasteiger partial charge >= 0.3 is 26.2 Å².